The first-order valence-electron chi connectivity index (χ1n) is 10.5. The lowest BCUT2D eigenvalue weighted by molar-refractivity contribution is -0.182. The van der Waals surface area contributed by atoms with Gasteiger partial charge in [0.2, 0.25) is 5.60 Å². The fourth-order valence-corrected chi connectivity index (χ4v) is 5.99. The van der Waals surface area contributed by atoms with Gasteiger partial charge in [-0.25, -0.2) is 9.50 Å². The van der Waals surface area contributed by atoms with Crippen LogP contribution in [0.5, 0.6) is 0 Å². The van der Waals surface area contributed by atoms with E-state index in [1.54, 1.807) is 4.52 Å². The topological polar surface area (TPSA) is 117 Å². The molecule has 5 rings (SSSR count). The van der Waals surface area contributed by atoms with E-state index < -0.39 is 43.6 Å². The van der Waals surface area contributed by atoms with E-state index in [4.69, 9.17) is 24.4 Å². The summed E-state index contributed by atoms with van der Waals surface area (Å²) in [6.07, 6.45) is -0.194. The van der Waals surface area contributed by atoms with Crippen molar-refractivity contribution in [1.82, 2.24) is 14.6 Å². The number of anilines is 1. The Hall–Kier alpha value is -2.03. The molecule has 2 N–H and O–H groups in total. The minimum atomic E-state index is -2.19. The molecule has 3 aliphatic rings. The molecular weight excluding hydrogens is 414 g/mol. The van der Waals surface area contributed by atoms with Gasteiger partial charge in [0.05, 0.1) is 5.69 Å². The Balaban J connectivity index is 1.58. The normalized spacial score (nSPS) is 36.3. The zero-order valence-electron chi connectivity index (χ0n) is 19.0. The number of nitrogen functional groups attached to an aromatic ring is 1. The zero-order chi connectivity index (χ0) is 22.6. The molecule has 1 aliphatic carbocycles. The van der Waals surface area contributed by atoms with Crippen molar-refractivity contribution >= 4 is 19.7 Å². The van der Waals surface area contributed by atoms with Crippen LogP contribution in [0.1, 0.15) is 46.4 Å². The lowest BCUT2D eigenvalue weighted by atomic mass is 10.0. The number of hydrogen-bond donors (Lipinski definition) is 1. The fourth-order valence-electron chi connectivity index (χ4n) is 4.70. The lowest BCUT2D eigenvalue weighted by Crippen LogP contribution is -2.45. The van der Waals surface area contributed by atoms with Gasteiger partial charge in [0.1, 0.15) is 36.2 Å². The van der Waals surface area contributed by atoms with Crippen molar-refractivity contribution in [3.05, 3.63) is 24.2 Å². The first-order valence-corrected chi connectivity index (χ1v) is 13.4. The highest BCUT2D eigenvalue weighted by molar-refractivity contribution is 6.74. The maximum Gasteiger partial charge on any atom is 0.217 e. The molecule has 9 nitrogen and oxygen atoms in total. The van der Waals surface area contributed by atoms with Crippen molar-refractivity contribution in [2.45, 2.75) is 88.1 Å². The first kappa shape index (κ1) is 20.8. The van der Waals surface area contributed by atoms with E-state index in [9.17, 15) is 5.26 Å². The molecule has 1 spiro atoms. The number of ether oxygens (including phenoxy) is 3. The number of aromatic nitrogens is 3. The zero-order valence-corrected chi connectivity index (χ0v) is 20.0. The van der Waals surface area contributed by atoms with E-state index in [1.165, 1.54) is 6.33 Å². The van der Waals surface area contributed by atoms with Gasteiger partial charge in [-0.3, -0.25) is 0 Å². The number of nitriles is 1. The van der Waals surface area contributed by atoms with Crippen LogP contribution in [0, 0.1) is 11.3 Å². The summed E-state index contributed by atoms with van der Waals surface area (Å²) in [5, 5.41) is 14.6. The highest BCUT2D eigenvalue weighted by atomic mass is 28.4. The minimum absolute atomic E-state index is 0.0206. The second-order valence-corrected chi connectivity index (χ2v) is 15.4. The predicted octanol–water partition coefficient (Wildman–Crippen LogP) is 2.94. The highest BCUT2D eigenvalue weighted by Crippen LogP contribution is 2.72. The quantitative estimate of drug-likeness (QED) is 0.720. The van der Waals surface area contributed by atoms with Crippen LogP contribution in [-0.4, -0.2) is 52.1 Å². The largest absolute Gasteiger partial charge is 0.406 e. The molecule has 0 radical (unpaired) electrons. The summed E-state index contributed by atoms with van der Waals surface area (Å²) < 4.78 is 27.6. The Morgan fingerprint density at radius 1 is 1.26 bits per heavy atom. The van der Waals surface area contributed by atoms with Gasteiger partial charge in [-0.1, -0.05) is 20.8 Å². The lowest BCUT2D eigenvalue weighted by Gasteiger charge is -2.37. The molecule has 2 saturated heterocycles. The smallest absolute Gasteiger partial charge is 0.217 e. The second-order valence-electron chi connectivity index (χ2n) is 10.7. The van der Waals surface area contributed by atoms with Gasteiger partial charge < -0.3 is 24.4 Å². The van der Waals surface area contributed by atoms with Crippen molar-refractivity contribution in [1.29, 1.82) is 5.26 Å². The summed E-state index contributed by atoms with van der Waals surface area (Å²) >= 11 is 0. The number of nitrogens with two attached hydrogens (primary N) is 1. The molecule has 4 heterocycles. The van der Waals surface area contributed by atoms with Crippen molar-refractivity contribution < 1.29 is 18.6 Å². The summed E-state index contributed by atoms with van der Waals surface area (Å²) in [5.74, 6) is -0.501. The molecule has 2 aromatic heterocycles. The van der Waals surface area contributed by atoms with E-state index in [2.05, 4.69) is 50.0 Å². The average Bonchev–Trinajstić information content (AvgIpc) is 3.03. The average molecular weight is 444 g/mol. The van der Waals surface area contributed by atoms with Crippen LogP contribution in [0.2, 0.25) is 18.1 Å². The van der Waals surface area contributed by atoms with E-state index >= 15 is 0 Å². The van der Waals surface area contributed by atoms with E-state index in [0.717, 1.165) is 5.69 Å². The molecule has 0 bridgehead atoms. The maximum absolute atomic E-state index is 10.3. The van der Waals surface area contributed by atoms with Gasteiger partial charge in [-0.15, -0.1) is 0 Å². The van der Waals surface area contributed by atoms with Crippen LogP contribution in [0.3, 0.4) is 0 Å². The number of nitrogens with zero attached hydrogens (tertiary/aromatic N) is 4. The van der Waals surface area contributed by atoms with Gasteiger partial charge in [-0.05, 0) is 44.1 Å². The Morgan fingerprint density at radius 2 is 1.97 bits per heavy atom. The van der Waals surface area contributed by atoms with Gasteiger partial charge in [0.15, 0.2) is 25.5 Å². The summed E-state index contributed by atoms with van der Waals surface area (Å²) in [6, 6.07) is 6.12. The molecule has 31 heavy (non-hydrogen) atoms. The van der Waals surface area contributed by atoms with E-state index in [1.807, 2.05) is 26.0 Å². The van der Waals surface area contributed by atoms with Gasteiger partial charge in [-0.2, -0.15) is 10.4 Å². The molecule has 1 saturated carbocycles. The van der Waals surface area contributed by atoms with Crippen LogP contribution in [-0.2, 0) is 18.6 Å². The van der Waals surface area contributed by atoms with Crippen molar-refractivity contribution in [3.8, 4) is 6.07 Å². The summed E-state index contributed by atoms with van der Waals surface area (Å²) in [6.45, 7) is 14.5. The Kier molecular flexibility index (Phi) is 3.93. The van der Waals surface area contributed by atoms with Crippen molar-refractivity contribution in [2.75, 3.05) is 5.73 Å². The SMILES string of the molecule is CC1(C)O[C@H]2[C@H](c3ccc4c(N)ncnn34)O[C@]3(C#N)C(O[Si](C)(C)C(C)(C)C)[C@]23O1. The van der Waals surface area contributed by atoms with Crippen LogP contribution >= 0.6 is 0 Å². The molecule has 0 aromatic carbocycles. The number of rotatable bonds is 3. The van der Waals surface area contributed by atoms with Crippen LogP contribution in [0.25, 0.3) is 5.52 Å². The van der Waals surface area contributed by atoms with Crippen LogP contribution in [0.15, 0.2) is 18.5 Å². The van der Waals surface area contributed by atoms with Gasteiger partial charge in [0, 0.05) is 0 Å². The highest BCUT2D eigenvalue weighted by Gasteiger charge is 2.94. The molecule has 10 heteroatoms. The van der Waals surface area contributed by atoms with E-state index in [0.29, 0.717) is 11.3 Å². The number of fused-ring (bicyclic) bond motifs is 1. The van der Waals surface area contributed by atoms with Crippen molar-refractivity contribution in [2.24, 2.45) is 0 Å². The Labute approximate surface area is 182 Å². The third-order valence-corrected chi connectivity index (χ3v) is 11.7. The molecule has 3 fully saturated rings. The predicted molar refractivity (Wildman–Crippen MR) is 114 cm³/mol. The number of hydrogen-bond acceptors (Lipinski definition) is 8. The maximum atomic E-state index is 10.3. The van der Waals surface area contributed by atoms with Gasteiger partial charge >= 0.3 is 0 Å². The molecule has 166 valence electrons. The summed E-state index contributed by atoms with van der Waals surface area (Å²) in [5.41, 5.74) is 5.18. The fraction of sp³-hybridized carbons (Fsp3) is 0.667. The second kappa shape index (κ2) is 5.85. The minimum Gasteiger partial charge on any atom is -0.406 e. The van der Waals surface area contributed by atoms with Gasteiger partial charge in [0.25, 0.3) is 0 Å². The third kappa shape index (κ3) is 2.49. The standard InChI is InChI=1S/C21H29N5O4Si/c1-18(2,3)31(6,7)29-17-20(10-22)21(17)15(28-19(4,5)30-21)14(27-20)12-8-9-13-16(23)24-11-25-26(12)13/h8-9,11,14-15,17H,1-7H3,(H2,23,24,25)/t14-,15-,17?,20+,21+/m0/s1. The van der Waals surface area contributed by atoms with Crippen LogP contribution < -0.4 is 5.73 Å². The Bertz CT molecular complexity index is 1120. The molecule has 2 aliphatic heterocycles. The third-order valence-electron chi connectivity index (χ3n) is 7.28. The van der Waals surface area contributed by atoms with Crippen molar-refractivity contribution in [3.63, 3.8) is 0 Å². The molecule has 5 atom stereocenters. The van der Waals surface area contributed by atoms with E-state index in [-0.39, 0.29) is 5.04 Å². The summed E-state index contributed by atoms with van der Waals surface area (Å²) in [7, 11) is -2.19. The monoisotopic (exact) mass is 443 g/mol. The van der Waals surface area contributed by atoms with Crippen LogP contribution in [0.4, 0.5) is 5.82 Å². The Morgan fingerprint density at radius 3 is 2.61 bits per heavy atom. The molecular formula is C21H29N5O4Si. The molecule has 0 amide bonds. The summed E-state index contributed by atoms with van der Waals surface area (Å²) in [4.78, 5) is 4.05. The molecule has 1 unspecified atom stereocenters. The molecule has 2 aromatic rings. The first-order chi connectivity index (χ1) is 14.3.